The highest BCUT2D eigenvalue weighted by Gasteiger charge is 2.16. The van der Waals surface area contributed by atoms with Gasteiger partial charge < -0.3 is 15.2 Å². The van der Waals surface area contributed by atoms with Crippen LogP contribution in [0.5, 0.6) is 0 Å². The summed E-state index contributed by atoms with van der Waals surface area (Å²) in [5.74, 6) is 2.38. The first kappa shape index (κ1) is 15.0. The fourth-order valence-corrected chi connectivity index (χ4v) is 3.45. The number of amides is 2. The molecule has 2 aromatic heterocycles. The number of rotatable bonds is 6. The molecule has 2 N–H and O–H groups in total. The molecule has 0 fully saturated rings. The maximum absolute atomic E-state index is 11.8. The van der Waals surface area contributed by atoms with Gasteiger partial charge in [0.25, 0.3) is 0 Å². The SMILES string of the molecule is C[C@H](CNC(=O)NCCc1nnc2n1CCC2)c1cccs1. The Morgan fingerprint density at radius 1 is 1.45 bits per heavy atom. The number of thiophene rings is 1. The van der Waals surface area contributed by atoms with E-state index >= 15 is 0 Å². The van der Waals surface area contributed by atoms with Gasteiger partial charge in [-0.2, -0.15) is 0 Å². The third-order valence-corrected chi connectivity index (χ3v) is 5.02. The van der Waals surface area contributed by atoms with Crippen LogP contribution in [0.1, 0.15) is 35.8 Å². The molecule has 2 amide bonds. The van der Waals surface area contributed by atoms with E-state index in [0.717, 1.165) is 37.5 Å². The molecule has 6 nitrogen and oxygen atoms in total. The molecule has 7 heteroatoms. The Morgan fingerprint density at radius 2 is 2.36 bits per heavy atom. The fourth-order valence-electron chi connectivity index (χ4n) is 2.66. The number of nitrogens with zero attached hydrogens (tertiary/aromatic N) is 3. The molecule has 1 aliphatic rings. The molecule has 0 spiro atoms. The minimum absolute atomic E-state index is 0.121. The molecule has 3 heterocycles. The van der Waals surface area contributed by atoms with E-state index in [0.29, 0.717) is 19.0 Å². The van der Waals surface area contributed by atoms with Crippen LogP contribution in [0.25, 0.3) is 0 Å². The lowest BCUT2D eigenvalue weighted by Crippen LogP contribution is -2.38. The Labute approximate surface area is 133 Å². The summed E-state index contributed by atoms with van der Waals surface area (Å²) in [7, 11) is 0. The molecular formula is C15H21N5OS. The molecule has 1 atom stereocenters. The number of hydrogen-bond acceptors (Lipinski definition) is 4. The third kappa shape index (κ3) is 3.47. The standard InChI is InChI=1S/C15H21N5OS/c1-11(12-4-3-9-22-12)10-17-15(21)16-7-6-14-19-18-13-5-2-8-20(13)14/h3-4,9,11H,2,5-8,10H2,1H3,(H2,16,17,21)/t11-/m1/s1. The number of carbonyl (C=O) groups excluding carboxylic acids is 1. The second kappa shape index (κ2) is 6.91. The highest BCUT2D eigenvalue weighted by atomic mass is 32.1. The van der Waals surface area contributed by atoms with Gasteiger partial charge in [0.2, 0.25) is 0 Å². The van der Waals surface area contributed by atoms with E-state index in [1.807, 2.05) is 6.07 Å². The number of aromatic nitrogens is 3. The van der Waals surface area contributed by atoms with Gasteiger partial charge in [0.15, 0.2) is 0 Å². The zero-order chi connectivity index (χ0) is 15.4. The van der Waals surface area contributed by atoms with Gasteiger partial charge in [-0.15, -0.1) is 21.5 Å². The Bertz CT molecular complexity index is 622. The molecule has 0 saturated heterocycles. The van der Waals surface area contributed by atoms with Gasteiger partial charge in [0.1, 0.15) is 11.6 Å². The zero-order valence-corrected chi connectivity index (χ0v) is 13.5. The lowest BCUT2D eigenvalue weighted by Gasteiger charge is -2.12. The van der Waals surface area contributed by atoms with E-state index in [2.05, 4.69) is 43.8 Å². The van der Waals surface area contributed by atoms with Gasteiger partial charge in [0.05, 0.1) is 0 Å². The van der Waals surface area contributed by atoms with Crippen LogP contribution in [0, 0.1) is 0 Å². The summed E-state index contributed by atoms with van der Waals surface area (Å²) in [4.78, 5) is 13.1. The van der Waals surface area contributed by atoms with Crippen LogP contribution < -0.4 is 10.6 Å². The van der Waals surface area contributed by atoms with Crippen LogP contribution in [0.4, 0.5) is 4.79 Å². The van der Waals surface area contributed by atoms with E-state index in [1.54, 1.807) is 11.3 Å². The largest absolute Gasteiger partial charge is 0.338 e. The van der Waals surface area contributed by atoms with Crippen molar-refractivity contribution in [1.82, 2.24) is 25.4 Å². The molecule has 1 aliphatic heterocycles. The number of carbonyl (C=O) groups is 1. The first-order chi connectivity index (χ1) is 10.7. The van der Waals surface area contributed by atoms with Crippen molar-refractivity contribution in [2.75, 3.05) is 13.1 Å². The first-order valence-corrected chi connectivity index (χ1v) is 8.58. The minimum Gasteiger partial charge on any atom is -0.338 e. The van der Waals surface area contributed by atoms with Gasteiger partial charge in [-0.05, 0) is 17.9 Å². The summed E-state index contributed by atoms with van der Waals surface area (Å²) in [5, 5.41) is 16.2. The summed E-state index contributed by atoms with van der Waals surface area (Å²) in [6.45, 7) is 4.35. The van der Waals surface area contributed by atoms with Crippen LogP contribution in [0.2, 0.25) is 0 Å². The molecule has 0 saturated carbocycles. The van der Waals surface area contributed by atoms with Gasteiger partial charge in [-0.1, -0.05) is 13.0 Å². The predicted molar refractivity (Wildman–Crippen MR) is 86.2 cm³/mol. The molecule has 0 aliphatic carbocycles. The van der Waals surface area contributed by atoms with Gasteiger partial charge >= 0.3 is 6.03 Å². The zero-order valence-electron chi connectivity index (χ0n) is 12.7. The second-order valence-corrected chi connectivity index (χ2v) is 6.57. The van der Waals surface area contributed by atoms with Crippen molar-refractivity contribution >= 4 is 17.4 Å². The van der Waals surface area contributed by atoms with Crippen LogP contribution in [0.15, 0.2) is 17.5 Å². The molecule has 2 aromatic rings. The Morgan fingerprint density at radius 3 is 3.18 bits per heavy atom. The van der Waals surface area contributed by atoms with E-state index in [1.165, 1.54) is 4.88 Å². The van der Waals surface area contributed by atoms with Crippen molar-refractivity contribution in [2.45, 2.75) is 38.6 Å². The monoisotopic (exact) mass is 319 g/mol. The van der Waals surface area contributed by atoms with Crippen LogP contribution in [-0.2, 0) is 19.4 Å². The summed E-state index contributed by atoms with van der Waals surface area (Å²) in [5.41, 5.74) is 0. The van der Waals surface area contributed by atoms with Gasteiger partial charge in [-0.3, -0.25) is 0 Å². The topological polar surface area (TPSA) is 71.8 Å². The highest BCUT2D eigenvalue weighted by molar-refractivity contribution is 7.10. The van der Waals surface area contributed by atoms with Gasteiger partial charge in [-0.25, -0.2) is 4.79 Å². The average Bonchev–Trinajstić information content (AvgIpc) is 3.23. The molecule has 0 unspecified atom stereocenters. The average molecular weight is 319 g/mol. The number of nitrogens with one attached hydrogen (secondary N) is 2. The lowest BCUT2D eigenvalue weighted by molar-refractivity contribution is 0.240. The molecule has 118 valence electrons. The smallest absolute Gasteiger partial charge is 0.314 e. The molecular weight excluding hydrogens is 298 g/mol. The number of aryl methyl sites for hydroxylation is 1. The van der Waals surface area contributed by atoms with Crippen molar-refractivity contribution in [3.8, 4) is 0 Å². The molecule has 0 aromatic carbocycles. The predicted octanol–water partition coefficient (Wildman–Crippen LogP) is 1.93. The second-order valence-electron chi connectivity index (χ2n) is 5.59. The lowest BCUT2D eigenvalue weighted by atomic mass is 10.1. The number of urea groups is 1. The minimum atomic E-state index is -0.121. The van der Waals surface area contributed by atoms with Crippen LogP contribution in [0.3, 0.4) is 0 Å². The Kier molecular flexibility index (Phi) is 4.72. The number of hydrogen-bond donors (Lipinski definition) is 2. The van der Waals surface area contributed by atoms with Crippen LogP contribution >= 0.6 is 11.3 Å². The van der Waals surface area contributed by atoms with Crippen molar-refractivity contribution in [3.63, 3.8) is 0 Å². The van der Waals surface area contributed by atoms with Crippen molar-refractivity contribution in [2.24, 2.45) is 0 Å². The van der Waals surface area contributed by atoms with E-state index < -0.39 is 0 Å². The van der Waals surface area contributed by atoms with Crippen LogP contribution in [-0.4, -0.2) is 33.9 Å². The van der Waals surface area contributed by atoms with Crippen molar-refractivity contribution in [1.29, 1.82) is 0 Å². The van der Waals surface area contributed by atoms with Gasteiger partial charge in [0, 0.05) is 43.3 Å². The summed E-state index contributed by atoms with van der Waals surface area (Å²) >= 11 is 1.72. The highest BCUT2D eigenvalue weighted by Crippen LogP contribution is 2.19. The van der Waals surface area contributed by atoms with Crippen molar-refractivity contribution in [3.05, 3.63) is 34.0 Å². The summed E-state index contributed by atoms with van der Waals surface area (Å²) in [6, 6.07) is 4.01. The fraction of sp³-hybridized carbons (Fsp3) is 0.533. The molecule has 0 bridgehead atoms. The van der Waals surface area contributed by atoms with Crippen molar-refractivity contribution < 1.29 is 4.79 Å². The van der Waals surface area contributed by atoms with E-state index in [4.69, 9.17) is 0 Å². The summed E-state index contributed by atoms with van der Waals surface area (Å²) < 4.78 is 2.17. The molecule has 22 heavy (non-hydrogen) atoms. The first-order valence-electron chi connectivity index (χ1n) is 7.70. The number of fused-ring (bicyclic) bond motifs is 1. The summed E-state index contributed by atoms with van der Waals surface area (Å²) in [6.07, 6.45) is 2.88. The normalized spacial score (nSPS) is 14.6. The Balaban J connectivity index is 1.37. The van der Waals surface area contributed by atoms with E-state index in [-0.39, 0.29) is 6.03 Å². The Hall–Kier alpha value is -1.89. The molecule has 0 radical (unpaired) electrons. The maximum atomic E-state index is 11.8. The van der Waals surface area contributed by atoms with E-state index in [9.17, 15) is 4.79 Å². The maximum Gasteiger partial charge on any atom is 0.314 e. The molecule has 3 rings (SSSR count). The quantitative estimate of drug-likeness (QED) is 0.854. The third-order valence-electron chi connectivity index (χ3n) is 3.92.